The Morgan fingerprint density at radius 1 is 1.17 bits per heavy atom. The van der Waals surface area contributed by atoms with Crippen molar-refractivity contribution in [2.24, 2.45) is 0 Å². The number of hydrogen-bond donors (Lipinski definition) is 1. The lowest BCUT2D eigenvalue weighted by Gasteiger charge is -2.12. The van der Waals surface area contributed by atoms with Crippen LogP contribution in [-0.4, -0.2) is 23.1 Å². The van der Waals surface area contributed by atoms with Gasteiger partial charge in [-0.25, -0.2) is 9.97 Å². The third-order valence-corrected chi connectivity index (χ3v) is 4.84. The maximum atomic E-state index is 5.90. The Labute approximate surface area is 153 Å². The summed E-state index contributed by atoms with van der Waals surface area (Å²) in [4.78, 5) is 8.37. The van der Waals surface area contributed by atoms with Crippen LogP contribution in [0.5, 0.6) is 5.75 Å². The molecule has 2 aromatic rings. The molecule has 0 spiro atoms. The molecule has 0 atom stereocenters. The van der Waals surface area contributed by atoms with E-state index in [0.717, 1.165) is 41.1 Å². The van der Waals surface area contributed by atoms with Gasteiger partial charge in [0.25, 0.3) is 0 Å². The Morgan fingerprint density at radius 2 is 2.00 bits per heavy atom. The van der Waals surface area contributed by atoms with Crippen molar-refractivity contribution in [3.05, 3.63) is 45.8 Å². The highest BCUT2D eigenvalue weighted by atomic mass is 79.9. The van der Waals surface area contributed by atoms with Gasteiger partial charge in [-0.1, -0.05) is 25.5 Å². The number of ether oxygens (including phenoxy) is 1. The summed E-state index contributed by atoms with van der Waals surface area (Å²) in [6.07, 6.45) is 6.10. The van der Waals surface area contributed by atoms with Crippen LogP contribution in [0.25, 0.3) is 0 Å². The number of aryl methyl sites for hydroxylation is 3. The third-order valence-electron chi connectivity index (χ3n) is 3.89. The summed E-state index contributed by atoms with van der Waals surface area (Å²) in [5, 5.41) is 3.31. The van der Waals surface area contributed by atoms with Crippen LogP contribution in [0.4, 0.5) is 5.82 Å². The molecule has 5 heteroatoms. The lowest BCUT2D eigenvalue weighted by Crippen LogP contribution is -2.09. The minimum absolute atomic E-state index is 0.684. The van der Waals surface area contributed by atoms with Gasteiger partial charge in [0.2, 0.25) is 0 Å². The number of aromatic nitrogens is 2. The molecule has 0 aliphatic carbocycles. The van der Waals surface area contributed by atoms with E-state index in [1.54, 1.807) is 6.33 Å². The van der Waals surface area contributed by atoms with E-state index >= 15 is 0 Å². The van der Waals surface area contributed by atoms with E-state index in [-0.39, 0.29) is 0 Å². The first-order valence-electron chi connectivity index (χ1n) is 8.55. The highest BCUT2D eigenvalue weighted by Crippen LogP contribution is 2.22. The minimum Gasteiger partial charge on any atom is -0.493 e. The van der Waals surface area contributed by atoms with Crippen LogP contribution in [0.1, 0.15) is 43.0 Å². The zero-order valence-corrected chi connectivity index (χ0v) is 16.3. The van der Waals surface area contributed by atoms with Crippen molar-refractivity contribution in [2.75, 3.05) is 18.5 Å². The highest BCUT2D eigenvalue weighted by Gasteiger charge is 2.05. The average molecular weight is 392 g/mol. The lowest BCUT2D eigenvalue weighted by atomic mass is 10.1. The molecule has 0 fully saturated rings. The molecule has 0 unspecified atom stereocenters. The minimum atomic E-state index is 0.684. The van der Waals surface area contributed by atoms with E-state index in [0.29, 0.717) is 6.61 Å². The van der Waals surface area contributed by atoms with Gasteiger partial charge in [0.1, 0.15) is 17.9 Å². The van der Waals surface area contributed by atoms with Gasteiger partial charge in [-0.05, 0) is 66.2 Å². The van der Waals surface area contributed by atoms with Gasteiger partial charge in [-0.15, -0.1) is 0 Å². The molecule has 1 N–H and O–H groups in total. The van der Waals surface area contributed by atoms with Crippen molar-refractivity contribution in [3.63, 3.8) is 0 Å². The summed E-state index contributed by atoms with van der Waals surface area (Å²) in [7, 11) is 0. The Kier molecular flexibility index (Phi) is 7.50. The van der Waals surface area contributed by atoms with E-state index in [1.807, 2.05) is 6.92 Å². The molecule has 2 rings (SSSR count). The Bertz CT molecular complexity index is 661. The maximum Gasteiger partial charge on any atom is 0.144 e. The van der Waals surface area contributed by atoms with Gasteiger partial charge in [0.15, 0.2) is 0 Å². The summed E-state index contributed by atoms with van der Waals surface area (Å²) in [5.41, 5.74) is 3.54. The first-order chi connectivity index (χ1) is 11.6. The van der Waals surface area contributed by atoms with E-state index < -0.39 is 0 Å². The molecule has 4 nitrogen and oxygen atoms in total. The topological polar surface area (TPSA) is 47.0 Å². The van der Waals surface area contributed by atoms with Crippen LogP contribution < -0.4 is 10.1 Å². The van der Waals surface area contributed by atoms with E-state index in [2.05, 4.69) is 63.3 Å². The van der Waals surface area contributed by atoms with Crippen LogP contribution in [0.15, 0.2) is 29.0 Å². The zero-order valence-electron chi connectivity index (χ0n) is 14.7. The Balaban J connectivity index is 1.75. The van der Waals surface area contributed by atoms with E-state index in [1.165, 1.54) is 24.0 Å². The number of nitrogens with zero attached hydrogens (tertiary/aromatic N) is 2. The highest BCUT2D eigenvalue weighted by molar-refractivity contribution is 9.10. The second-order valence-corrected chi connectivity index (χ2v) is 6.75. The molecular weight excluding hydrogens is 366 g/mol. The largest absolute Gasteiger partial charge is 0.493 e. The van der Waals surface area contributed by atoms with Gasteiger partial charge >= 0.3 is 0 Å². The summed E-state index contributed by atoms with van der Waals surface area (Å²) >= 11 is 3.50. The molecule has 24 heavy (non-hydrogen) atoms. The fourth-order valence-corrected chi connectivity index (χ4v) is 2.80. The second kappa shape index (κ2) is 9.62. The van der Waals surface area contributed by atoms with E-state index in [9.17, 15) is 0 Å². The summed E-state index contributed by atoms with van der Waals surface area (Å²) < 4.78 is 6.82. The second-order valence-electron chi connectivity index (χ2n) is 5.95. The number of hydrogen-bond acceptors (Lipinski definition) is 4. The molecule has 1 heterocycles. The molecule has 0 saturated carbocycles. The molecule has 130 valence electrons. The fraction of sp³-hybridized carbons (Fsp3) is 0.474. The Morgan fingerprint density at radius 3 is 2.75 bits per heavy atom. The van der Waals surface area contributed by atoms with Crippen molar-refractivity contribution >= 4 is 21.7 Å². The number of halogens is 1. The van der Waals surface area contributed by atoms with Gasteiger partial charge < -0.3 is 10.1 Å². The number of unbranched alkanes of at least 4 members (excludes halogenated alkanes) is 1. The molecule has 0 amide bonds. The van der Waals surface area contributed by atoms with Crippen LogP contribution in [0.2, 0.25) is 0 Å². The normalized spacial score (nSPS) is 10.7. The SMILES string of the molecule is CCCCc1ccc(OCCCNc2ncnc(C)c2Br)c(C)c1. The van der Waals surface area contributed by atoms with Gasteiger partial charge in [-0.3, -0.25) is 0 Å². The quantitative estimate of drug-likeness (QED) is 0.605. The van der Waals surface area contributed by atoms with E-state index in [4.69, 9.17) is 4.74 Å². The molecule has 0 radical (unpaired) electrons. The van der Waals surface area contributed by atoms with Gasteiger partial charge in [0.05, 0.1) is 16.8 Å². The van der Waals surface area contributed by atoms with Crippen LogP contribution in [0.3, 0.4) is 0 Å². The van der Waals surface area contributed by atoms with Crippen molar-refractivity contribution in [1.82, 2.24) is 9.97 Å². The molecule has 1 aromatic carbocycles. The van der Waals surface area contributed by atoms with Crippen molar-refractivity contribution in [3.8, 4) is 5.75 Å². The molecule has 0 bridgehead atoms. The zero-order chi connectivity index (χ0) is 17.4. The molecule has 0 aliphatic rings. The van der Waals surface area contributed by atoms with Crippen LogP contribution >= 0.6 is 15.9 Å². The molecule has 0 aliphatic heterocycles. The van der Waals surface area contributed by atoms with Crippen molar-refractivity contribution < 1.29 is 4.74 Å². The van der Waals surface area contributed by atoms with Crippen LogP contribution in [-0.2, 0) is 6.42 Å². The van der Waals surface area contributed by atoms with Gasteiger partial charge in [-0.2, -0.15) is 0 Å². The molecular formula is C19H26BrN3O. The van der Waals surface area contributed by atoms with Gasteiger partial charge in [0, 0.05) is 6.54 Å². The smallest absolute Gasteiger partial charge is 0.144 e. The number of rotatable bonds is 9. The summed E-state index contributed by atoms with van der Waals surface area (Å²) in [6.45, 7) is 7.78. The number of benzene rings is 1. The number of anilines is 1. The molecule has 1 aromatic heterocycles. The predicted molar refractivity (Wildman–Crippen MR) is 103 cm³/mol. The fourth-order valence-electron chi connectivity index (χ4n) is 2.45. The predicted octanol–water partition coefficient (Wildman–Crippen LogP) is 5.08. The molecule has 0 saturated heterocycles. The van der Waals surface area contributed by atoms with Crippen molar-refractivity contribution in [2.45, 2.75) is 46.5 Å². The summed E-state index contributed by atoms with van der Waals surface area (Å²) in [6, 6.07) is 6.51. The monoisotopic (exact) mass is 391 g/mol. The van der Waals surface area contributed by atoms with Crippen molar-refractivity contribution in [1.29, 1.82) is 0 Å². The Hall–Kier alpha value is -1.62. The third kappa shape index (κ3) is 5.48. The number of nitrogens with one attached hydrogen (secondary N) is 1. The first-order valence-corrected chi connectivity index (χ1v) is 9.34. The lowest BCUT2D eigenvalue weighted by molar-refractivity contribution is 0.313. The summed E-state index contributed by atoms with van der Waals surface area (Å²) in [5.74, 6) is 1.81. The van der Waals surface area contributed by atoms with Crippen LogP contribution in [0, 0.1) is 13.8 Å². The first kappa shape index (κ1) is 18.7. The average Bonchev–Trinajstić information content (AvgIpc) is 2.58. The standard InChI is InChI=1S/C19H26BrN3O/c1-4-5-7-16-8-9-17(14(2)12-16)24-11-6-10-21-19-18(20)15(3)22-13-23-19/h8-9,12-13H,4-7,10-11H2,1-3H3,(H,21,22,23). The maximum absolute atomic E-state index is 5.90.